The van der Waals surface area contributed by atoms with E-state index >= 15 is 0 Å². The molecule has 0 heterocycles. The highest BCUT2D eigenvalue weighted by Gasteiger charge is 2.23. The molecule has 1 amide bonds. The van der Waals surface area contributed by atoms with Gasteiger partial charge >= 0.3 is 5.97 Å². The van der Waals surface area contributed by atoms with Crippen LogP contribution in [0.15, 0.2) is 88.7 Å². The van der Waals surface area contributed by atoms with E-state index in [9.17, 15) is 14.4 Å². The van der Waals surface area contributed by atoms with E-state index in [1.54, 1.807) is 36.0 Å². The molecule has 0 bridgehead atoms. The van der Waals surface area contributed by atoms with Gasteiger partial charge in [-0.2, -0.15) is 0 Å². The predicted octanol–water partition coefficient (Wildman–Crippen LogP) is 6.85. The van der Waals surface area contributed by atoms with Crippen LogP contribution in [0.25, 0.3) is 0 Å². The standard InChI is InChI=1S/C29H31NO4S/c1-3-8-26(29(33)22-9-5-4-6-10-22)34-28(32)12-7-11-27(31)30-23-15-19-25(20-16-23)35-24-17-13-21(2)14-18-24/h4-6,9-10,13-20,26H,3,7-8,11-12H2,1-2H3,(H,30,31). The van der Waals surface area contributed by atoms with Gasteiger partial charge in [-0.05, 0) is 56.2 Å². The van der Waals surface area contributed by atoms with Crippen molar-refractivity contribution in [1.82, 2.24) is 0 Å². The van der Waals surface area contributed by atoms with Gasteiger partial charge in [-0.15, -0.1) is 0 Å². The lowest BCUT2D eigenvalue weighted by Gasteiger charge is -2.16. The average Bonchev–Trinajstić information content (AvgIpc) is 2.86. The maximum atomic E-state index is 12.7. The minimum Gasteiger partial charge on any atom is -0.454 e. The van der Waals surface area contributed by atoms with Crippen LogP contribution in [0.3, 0.4) is 0 Å². The van der Waals surface area contributed by atoms with Gasteiger partial charge in [0.25, 0.3) is 0 Å². The zero-order valence-corrected chi connectivity index (χ0v) is 21.0. The molecule has 0 aliphatic carbocycles. The van der Waals surface area contributed by atoms with Crippen molar-refractivity contribution in [3.8, 4) is 0 Å². The molecule has 0 aromatic heterocycles. The van der Waals surface area contributed by atoms with Gasteiger partial charge in [0.1, 0.15) is 0 Å². The Morgan fingerprint density at radius 1 is 0.857 bits per heavy atom. The molecule has 0 saturated heterocycles. The number of nitrogens with one attached hydrogen (secondary N) is 1. The molecular weight excluding hydrogens is 458 g/mol. The zero-order valence-electron chi connectivity index (χ0n) is 20.2. The number of ketones is 1. The van der Waals surface area contributed by atoms with Crippen LogP contribution in [0.2, 0.25) is 0 Å². The summed E-state index contributed by atoms with van der Waals surface area (Å²) in [5.41, 5.74) is 2.46. The summed E-state index contributed by atoms with van der Waals surface area (Å²) in [4.78, 5) is 39.5. The van der Waals surface area contributed by atoms with Crippen molar-refractivity contribution < 1.29 is 19.1 Å². The van der Waals surface area contributed by atoms with Crippen LogP contribution in [-0.4, -0.2) is 23.8 Å². The molecular formula is C29H31NO4S. The van der Waals surface area contributed by atoms with E-state index in [0.717, 1.165) is 16.2 Å². The molecule has 1 atom stereocenters. The van der Waals surface area contributed by atoms with Crippen LogP contribution in [0.5, 0.6) is 0 Å². The molecule has 0 aliphatic rings. The summed E-state index contributed by atoms with van der Waals surface area (Å²) in [7, 11) is 0. The second-order valence-electron chi connectivity index (χ2n) is 8.34. The normalized spacial score (nSPS) is 11.5. The number of amides is 1. The van der Waals surface area contributed by atoms with Crippen LogP contribution in [0, 0.1) is 6.92 Å². The summed E-state index contributed by atoms with van der Waals surface area (Å²) in [6.45, 7) is 4.00. The lowest BCUT2D eigenvalue weighted by atomic mass is 10.0. The maximum Gasteiger partial charge on any atom is 0.306 e. The highest BCUT2D eigenvalue weighted by molar-refractivity contribution is 7.99. The Morgan fingerprint density at radius 3 is 2.11 bits per heavy atom. The average molecular weight is 490 g/mol. The van der Waals surface area contributed by atoms with Gasteiger partial charge < -0.3 is 10.1 Å². The summed E-state index contributed by atoms with van der Waals surface area (Å²) in [6, 6.07) is 24.8. The van der Waals surface area contributed by atoms with E-state index in [1.165, 1.54) is 5.56 Å². The number of carbonyl (C=O) groups excluding carboxylic acids is 3. The zero-order chi connectivity index (χ0) is 25.0. The molecule has 0 fully saturated rings. The van der Waals surface area contributed by atoms with Crippen LogP contribution in [-0.2, 0) is 14.3 Å². The summed E-state index contributed by atoms with van der Waals surface area (Å²) in [6.07, 6.45) is 1.03. The quantitative estimate of drug-likeness (QED) is 0.222. The molecule has 0 radical (unpaired) electrons. The molecule has 182 valence electrons. The first kappa shape index (κ1) is 26.2. The van der Waals surface area contributed by atoms with Gasteiger partial charge in [-0.1, -0.05) is 73.1 Å². The number of esters is 1. The fraction of sp³-hybridized carbons (Fsp3) is 0.276. The molecule has 3 aromatic carbocycles. The molecule has 35 heavy (non-hydrogen) atoms. The van der Waals surface area contributed by atoms with Crippen molar-refractivity contribution in [2.75, 3.05) is 5.32 Å². The second kappa shape index (κ2) is 13.5. The van der Waals surface area contributed by atoms with Crippen LogP contribution in [0.4, 0.5) is 5.69 Å². The van der Waals surface area contributed by atoms with Crippen molar-refractivity contribution in [2.45, 2.75) is 61.8 Å². The summed E-state index contributed by atoms with van der Waals surface area (Å²) < 4.78 is 5.45. The summed E-state index contributed by atoms with van der Waals surface area (Å²) in [5, 5.41) is 2.86. The number of rotatable bonds is 12. The third-order valence-electron chi connectivity index (χ3n) is 5.35. The summed E-state index contributed by atoms with van der Waals surface area (Å²) in [5.74, 6) is -0.817. The highest BCUT2D eigenvalue weighted by atomic mass is 32.2. The lowest BCUT2D eigenvalue weighted by Crippen LogP contribution is -2.27. The lowest BCUT2D eigenvalue weighted by molar-refractivity contribution is -0.147. The Bertz CT molecular complexity index is 1110. The highest BCUT2D eigenvalue weighted by Crippen LogP contribution is 2.28. The van der Waals surface area contributed by atoms with Crippen molar-refractivity contribution in [1.29, 1.82) is 0 Å². The topological polar surface area (TPSA) is 72.5 Å². The Labute approximate surface area is 211 Å². The Morgan fingerprint density at radius 2 is 1.49 bits per heavy atom. The van der Waals surface area contributed by atoms with Crippen LogP contribution < -0.4 is 5.32 Å². The van der Waals surface area contributed by atoms with Crippen molar-refractivity contribution in [3.05, 3.63) is 90.0 Å². The molecule has 1 unspecified atom stereocenters. The Hall–Kier alpha value is -3.38. The monoisotopic (exact) mass is 489 g/mol. The number of carbonyl (C=O) groups is 3. The third kappa shape index (κ3) is 8.72. The van der Waals surface area contributed by atoms with Gasteiger partial charge in [0.15, 0.2) is 6.10 Å². The van der Waals surface area contributed by atoms with Gasteiger partial charge in [0, 0.05) is 33.9 Å². The molecule has 3 rings (SSSR count). The van der Waals surface area contributed by atoms with Crippen LogP contribution in [0.1, 0.15) is 54.9 Å². The van der Waals surface area contributed by atoms with Crippen molar-refractivity contribution in [3.63, 3.8) is 0 Å². The van der Waals surface area contributed by atoms with E-state index in [4.69, 9.17) is 4.74 Å². The third-order valence-corrected chi connectivity index (χ3v) is 6.37. The van der Waals surface area contributed by atoms with Crippen LogP contribution >= 0.6 is 11.8 Å². The predicted molar refractivity (Wildman–Crippen MR) is 140 cm³/mol. The number of benzene rings is 3. The van der Waals surface area contributed by atoms with Crippen molar-refractivity contribution >= 4 is 35.1 Å². The van der Waals surface area contributed by atoms with E-state index in [0.29, 0.717) is 24.1 Å². The molecule has 0 saturated carbocycles. The molecule has 0 aliphatic heterocycles. The minimum absolute atomic E-state index is 0.0852. The minimum atomic E-state index is -0.792. The number of anilines is 1. The first-order valence-electron chi connectivity index (χ1n) is 11.9. The first-order chi connectivity index (χ1) is 16.9. The van der Waals surface area contributed by atoms with E-state index in [1.807, 2.05) is 37.3 Å². The smallest absolute Gasteiger partial charge is 0.306 e. The fourth-order valence-electron chi connectivity index (χ4n) is 3.48. The van der Waals surface area contributed by atoms with E-state index < -0.39 is 12.1 Å². The van der Waals surface area contributed by atoms with Gasteiger partial charge in [0.05, 0.1) is 0 Å². The number of hydrogen-bond donors (Lipinski definition) is 1. The Kier molecular flexibility index (Phi) is 10.1. The number of ether oxygens (including phenoxy) is 1. The second-order valence-corrected chi connectivity index (χ2v) is 9.49. The number of Topliss-reactive ketones (excluding diaryl/α,β-unsaturated/α-hetero) is 1. The van der Waals surface area contributed by atoms with Crippen molar-refractivity contribution in [2.24, 2.45) is 0 Å². The molecule has 5 nitrogen and oxygen atoms in total. The van der Waals surface area contributed by atoms with E-state index in [2.05, 4.69) is 36.5 Å². The van der Waals surface area contributed by atoms with Gasteiger partial charge in [0.2, 0.25) is 11.7 Å². The number of aryl methyl sites for hydroxylation is 1. The summed E-state index contributed by atoms with van der Waals surface area (Å²) >= 11 is 1.66. The molecule has 6 heteroatoms. The SMILES string of the molecule is CCCC(OC(=O)CCCC(=O)Nc1ccc(Sc2ccc(C)cc2)cc1)C(=O)c1ccccc1. The maximum absolute atomic E-state index is 12.7. The largest absolute Gasteiger partial charge is 0.454 e. The van der Waals surface area contributed by atoms with Gasteiger partial charge in [-0.3, -0.25) is 14.4 Å². The molecule has 3 aromatic rings. The van der Waals surface area contributed by atoms with Gasteiger partial charge in [-0.25, -0.2) is 0 Å². The first-order valence-corrected chi connectivity index (χ1v) is 12.7. The fourth-order valence-corrected chi connectivity index (χ4v) is 4.29. The molecule has 0 spiro atoms. The van der Waals surface area contributed by atoms with E-state index in [-0.39, 0.29) is 24.5 Å². The Balaban J connectivity index is 1.41. The molecule has 1 N–H and O–H groups in total. The number of hydrogen-bond acceptors (Lipinski definition) is 5.